The number of rotatable bonds is 0. The highest BCUT2D eigenvalue weighted by molar-refractivity contribution is 9.11. The molecule has 1 fully saturated rings. The average molecular weight is 232 g/mol. The van der Waals surface area contributed by atoms with E-state index in [-0.39, 0.29) is 5.91 Å². The Hall–Kier alpha value is -0.220. The quantitative estimate of drug-likeness (QED) is 0.595. The van der Waals surface area contributed by atoms with E-state index in [1.807, 2.05) is 17.3 Å². The monoisotopic (exact) mass is 231 g/mol. The number of nitrogens with zero attached hydrogens (tertiary/aromatic N) is 1. The highest BCUT2D eigenvalue weighted by atomic mass is 79.9. The van der Waals surface area contributed by atoms with E-state index in [9.17, 15) is 4.79 Å². The van der Waals surface area contributed by atoms with Crippen LogP contribution in [0, 0.1) is 0 Å². The highest BCUT2D eigenvalue weighted by Crippen LogP contribution is 2.39. The van der Waals surface area contributed by atoms with E-state index in [1.165, 1.54) is 4.91 Å². The molecule has 0 aliphatic carbocycles. The molecule has 2 aliphatic heterocycles. The molecule has 0 bridgehead atoms. The van der Waals surface area contributed by atoms with Gasteiger partial charge in [0.05, 0.1) is 11.8 Å². The predicted octanol–water partition coefficient (Wildman–Crippen LogP) is 2.04. The van der Waals surface area contributed by atoms with Gasteiger partial charge in [0.1, 0.15) is 0 Å². The smallest absolute Gasteiger partial charge is 0.230 e. The van der Waals surface area contributed by atoms with Gasteiger partial charge < -0.3 is 4.90 Å². The molecular weight excluding hydrogens is 226 g/mol. The molecule has 2 heterocycles. The molecule has 2 nitrogen and oxygen atoms in total. The van der Waals surface area contributed by atoms with Gasteiger partial charge in [-0.1, -0.05) is 27.7 Å². The Morgan fingerprint density at radius 2 is 2.64 bits per heavy atom. The first-order valence-corrected chi connectivity index (χ1v) is 5.07. The lowest BCUT2D eigenvalue weighted by molar-refractivity contribution is -0.137. The maximum absolute atomic E-state index is 10.9. The van der Waals surface area contributed by atoms with Crippen molar-refractivity contribution in [1.82, 2.24) is 4.90 Å². The normalized spacial score (nSPS) is 32.1. The molecule has 0 saturated carbocycles. The van der Waals surface area contributed by atoms with Crippen molar-refractivity contribution >= 4 is 33.6 Å². The predicted molar refractivity (Wildman–Crippen MR) is 49.0 cm³/mol. The fourth-order valence-electron chi connectivity index (χ4n) is 1.09. The van der Waals surface area contributed by atoms with E-state index in [4.69, 9.17) is 0 Å². The molecule has 0 spiro atoms. The number of carbonyl (C=O) groups excluding carboxylic acids is 1. The molecular formula is C7H6BrNOS. The van der Waals surface area contributed by atoms with Crippen LogP contribution in [0.15, 0.2) is 22.2 Å². The Bertz CT molecular complexity index is 261. The maximum atomic E-state index is 10.9. The first-order chi connectivity index (χ1) is 5.31. The van der Waals surface area contributed by atoms with Crippen molar-refractivity contribution in [1.29, 1.82) is 0 Å². The SMILES string of the molecule is O=C1C[C@H]2SC(=CBr)C=CN12. The third-order valence-electron chi connectivity index (χ3n) is 1.73. The molecule has 0 aromatic heterocycles. The lowest BCUT2D eigenvalue weighted by Crippen LogP contribution is -2.48. The van der Waals surface area contributed by atoms with Crippen LogP contribution in [0.25, 0.3) is 0 Å². The largest absolute Gasteiger partial charge is 0.306 e. The topological polar surface area (TPSA) is 20.3 Å². The summed E-state index contributed by atoms with van der Waals surface area (Å²) >= 11 is 4.98. The number of halogens is 1. The first-order valence-electron chi connectivity index (χ1n) is 3.27. The van der Waals surface area contributed by atoms with Gasteiger partial charge in [-0.3, -0.25) is 4.79 Å². The summed E-state index contributed by atoms with van der Waals surface area (Å²) in [5, 5.41) is 0.358. The summed E-state index contributed by atoms with van der Waals surface area (Å²) in [7, 11) is 0. The lowest BCUT2D eigenvalue weighted by Gasteiger charge is -2.39. The Morgan fingerprint density at radius 1 is 1.82 bits per heavy atom. The van der Waals surface area contributed by atoms with Crippen LogP contribution in [-0.2, 0) is 4.79 Å². The summed E-state index contributed by atoms with van der Waals surface area (Å²) in [6, 6.07) is 0. The minimum Gasteiger partial charge on any atom is -0.306 e. The second-order valence-electron chi connectivity index (χ2n) is 2.40. The van der Waals surface area contributed by atoms with E-state index in [0.29, 0.717) is 11.8 Å². The first kappa shape index (κ1) is 7.43. The molecule has 11 heavy (non-hydrogen) atoms. The van der Waals surface area contributed by atoms with Crippen molar-refractivity contribution in [2.45, 2.75) is 11.8 Å². The van der Waals surface area contributed by atoms with Crippen LogP contribution in [0.5, 0.6) is 0 Å². The number of carbonyl (C=O) groups is 1. The van der Waals surface area contributed by atoms with Gasteiger partial charge in [0.15, 0.2) is 0 Å². The summed E-state index contributed by atoms with van der Waals surface area (Å²) in [5.41, 5.74) is 0. The van der Waals surface area contributed by atoms with Crippen molar-refractivity contribution in [2.75, 3.05) is 0 Å². The molecule has 2 aliphatic rings. The molecule has 0 aromatic carbocycles. The van der Waals surface area contributed by atoms with E-state index < -0.39 is 0 Å². The van der Waals surface area contributed by atoms with Crippen LogP contribution < -0.4 is 0 Å². The van der Waals surface area contributed by atoms with Crippen molar-refractivity contribution in [2.24, 2.45) is 0 Å². The second-order valence-corrected chi connectivity index (χ2v) is 4.11. The molecule has 4 heteroatoms. The van der Waals surface area contributed by atoms with E-state index in [1.54, 1.807) is 16.7 Å². The minimum atomic E-state index is 0.229. The zero-order valence-corrected chi connectivity index (χ0v) is 8.06. The number of allylic oxidation sites excluding steroid dienone is 1. The van der Waals surface area contributed by atoms with Gasteiger partial charge in [0.2, 0.25) is 5.91 Å². The third kappa shape index (κ3) is 1.14. The summed E-state index contributed by atoms with van der Waals surface area (Å²) in [6.45, 7) is 0. The molecule has 0 radical (unpaired) electrons. The van der Waals surface area contributed by atoms with Gasteiger partial charge >= 0.3 is 0 Å². The number of hydrogen-bond acceptors (Lipinski definition) is 2. The lowest BCUT2D eigenvalue weighted by atomic mass is 10.2. The summed E-state index contributed by atoms with van der Waals surface area (Å²) in [4.78, 5) is 15.7. The Balaban J connectivity index is 2.18. The van der Waals surface area contributed by atoms with Crippen LogP contribution >= 0.6 is 27.7 Å². The molecule has 0 aromatic rings. The van der Waals surface area contributed by atoms with Crippen LogP contribution in [-0.4, -0.2) is 16.2 Å². The maximum Gasteiger partial charge on any atom is 0.230 e. The second kappa shape index (κ2) is 2.68. The molecule has 2 rings (SSSR count). The highest BCUT2D eigenvalue weighted by Gasteiger charge is 2.37. The Morgan fingerprint density at radius 3 is 3.18 bits per heavy atom. The third-order valence-corrected chi connectivity index (χ3v) is 3.71. The minimum absolute atomic E-state index is 0.229. The number of amides is 1. The Kier molecular flexibility index (Phi) is 1.81. The standard InChI is InChI=1S/C7H6BrNOS/c8-4-5-1-2-9-6(10)3-7(9)11-5/h1-2,4,7H,3H2/t7-/m1/s1. The van der Waals surface area contributed by atoms with Gasteiger partial charge in [-0.25, -0.2) is 0 Å². The summed E-state index contributed by atoms with van der Waals surface area (Å²) in [6.07, 6.45) is 4.46. The molecule has 1 saturated heterocycles. The van der Waals surface area contributed by atoms with Crippen molar-refractivity contribution in [3.05, 3.63) is 22.2 Å². The Labute approximate surface area is 77.5 Å². The van der Waals surface area contributed by atoms with E-state index in [2.05, 4.69) is 15.9 Å². The molecule has 0 N–H and O–H groups in total. The molecule has 1 atom stereocenters. The van der Waals surface area contributed by atoms with Crippen LogP contribution in [0.3, 0.4) is 0 Å². The summed E-state index contributed by atoms with van der Waals surface area (Å²) in [5.74, 6) is 0.229. The molecule has 0 unspecified atom stereocenters. The van der Waals surface area contributed by atoms with Crippen molar-refractivity contribution in [3.8, 4) is 0 Å². The zero-order chi connectivity index (χ0) is 7.84. The van der Waals surface area contributed by atoms with Gasteiger partial charge in [-0.15, -0.1) is 0 Å². The van der Waals surface area contributed by atoms with Gasteiger partial charge in [0.25, 0.3) is 0 Å². The van der Waals surface area contributed by atoms with Gasteiger partial charge in [-0.05, 0) is 11.1 Å². The summed E-state index contributed by atoms with van der Waals surface area (Å²) < 4.78 is 0. The van der Waals surface area contributed by atoms with Gasteiger partial charge in [-0.2, -0.15) is 0 Å². The zero-order valence-electron chi connectivity index (χ0n) is 5.66. The van der Waals surface area contributed by atoms with E-state index >= 15 is 0 Å². The van der Waals surface area contributed by atoms with Gasteiger partial charge in [0, 0.05) is 11.1 Å². The average Bonchev–Trinajstić information content (AvgIpc) is 2.02. The van der Waals surface area contributed by atoms with Crippen molar-refractivity contribution in [3.63, 3.8) is 0 Å². The number of β-lactam (4-membered cyclic amide) rings is 1. The van der Waals surface area contributed by atoms with Crippen LogP contribution in [0.2, 0.25) is 0 Å². The van der Waals surface area contributed by atoms with Crippen LogP contribution in [0.1, 0.15) is 6.42 Å². The number of fused-ring (bicyclic) bond motifs is 1. The number of hydrogen-bond donors (Lipinski definition) is 0. The molecule has 58 valence electrons. The number of thioether (sulfide) groups is 1. The van der Waals surface area contributed by atoms with E-state index in [0.717, 1.165) is 0 Å². The van der Waals surface area contributed by atoms with Crippen molar-refractivity contribution < 1.29 is 4.79 Å². The fraction of sp³-hybridized carbons (Fsp3) is 0.286. The van der Waals surface area contributed by atoms with Crippen LogP contribution in [0.4, 0.5) is 0 Å². The fourth-order valence-corrected chi connectivity index (χ4v) is 2.60. The molecule has 1 amide bonds.